The minimum absolute atomic E-state index is 0.233. The van der Waals surface area contributed by atoms with Gasteiger partial charge in [0.25, 0.3) is 0 Å². The van der Waals surface area contributed by atoms with Crippen LogP contribution in [0.25, 0.3) is 0 Å². The predicted octanol–water partition coefficient (Wildman–Crippen LogP) is 1.64. The van der Waals surface area contributed by atoms with Crippen LogP contribution >= 0.6 is 0 Å². The van der Waals surface area contributed by atoms with E-state index in [4.69, 9.17) is 15.4 Å². The Labute approximate surface area is 112 Å². The minimum atomic E-state index is -0.759. The first-order chi connectivity index (χ1) is 9.27. The van der Waals surface area contributed by atoms with Gasteiger partial charge in [-0.05, 0) is 24.8 Å². The van der Waals surface area contributed by atoms with Crippen LogP contribution in [0, 0.1) is 10.8 Å². The van der Waals surface area contributed by atoms with Crippen LogP contribution < -0.4 is 5.90 Å². The molecule has 0 amide bonds. The average molecular weight is 268 g/mol. The number of hydrogen-bond donors (Lipinski definition) is 1. The smallest absolute Gasteiger partial charge is 0.193 e. The highest BCUT2D eigenvalue weighted by atomic mass is 16.7. The van der Waals surface area contributed by atoms with Gasteiger partial charge in [-0.2, -0.15) is 4.91 Å². The SMILES string of the molecule is NOC[C@@H]1C[C@H](N=O)C[C@@]2(OCC3CCCC=C32)O1. The number of ether oxygens (including phenoxy) is 2. The van der Waals surface area contributed by atoms with Crippen molar-refractivity contribution in [1.29, 1.82) is 0 Å². The number of fused-ring (bicyclic) bond motifs is 2. The Hall–Kier alpha value is -0.820. The molecule has 1 spiro atoms. The molecule has 19 heavy (non-hydrogen) atoms. The molecule has 0 aromatic heterocycles. The Morgan fingerprint density at radius 3 is 3.26 bits per heavy atom. The minimum Gasteiger partial charge on any atom is -0.345 e. The molecule has 2 heterocycles. The van der Waals surface area contributed by atoms with Crippen LogP contribution in [0.3, 0.4) is 0 Å². The van der Waals surface area contributed by atoms with Crippen molar-refractivity contribution in [3.05, 3.63) is 16.6 Å². The van der Waals surface area contributed by atoms with Gasteiger partial charge in [-0.3, -0.25) is 0 Å². The van der Waals surface area contributed by atoms with Crippen LogP contribution in [-0.4, -0.2) is 31.1 Å². The Kier molecular flexibility index (Phi) is 3.66. The zero-order valence-electron chi connectivity index (χ0n) is 10.9. The summed E-state index contributed by atoms with van der Waals surface area (Å²) in [5.74, 6) is 4.79. The van der Waals surface area contributed by atoms with E-state index >= 15 is 0 Å². The second-order valence-electron chi connectivity index (χ2n) is 5.62. The lowest BCUT2D eigenvalue weighted by molar-refractivity contribution is -0.249. The van der Waals surface area contributed by atoms with Gasteiger partial charge in [-0.15, -0.1) is 0 Å². The fraction of sp³-hybridized carbons (Fsp3) is 0.846. The van der Waals surface area contributed by atoms with Crippen molar-refractivity contribution < 1.29 is 14.3 Å². The summed E-state index contributed by atoms with van der Waals surface area (Å²) in [7, 11) is 0. The molecule has 1 unspecified atom stereocenters. The van der Waals surface area contributed by atoms with Crippen LogP contribution in [0.5, 0.6) is 0 Å². The molecule has 2 saturated heterocycles. The van der Waals surface area contributed by atoms with Gasteiger partial charge >= 0.3 is 0 Å². The van der Waals surface area contributed by atoms with E-state index in [1.165, 1.54) is 12.0 Å². The maximum absolute atomic E-state index is 11.0. The van der Waals surface area contributed by atoms with Gasteiger partial charge in [-0.25, -0.2) is 5.90 Å². The number of allylic oxidation sites excluding steroid dienone is 1. The molecule has 6 heteroatoms. The Bertz CT molecular complexity index is 387. The highest BCUT2D eigenvalue weighted by Gasteiger charge is 2.52. The quantitative estimate of drug-likeness (QED) is 0.478. The summed E-state index contributed by atoms with van der Waals surface area (Å²) in [6, 6.07) is -0.296. The van der Waals surface area contributed by atoms with E-state index in [9.17, 15) is 4.91 Å². The molecule has 2 aliphatic heterocycles. The van der Waals surface area contributed by atoms with E-state index in [1.807, 2.05) is 0 Å². The standard InChI is InChI=1S/C13H20N2O4/c14-18-8-11-5-10(15-16)6-13(19-11)12-4-2-1-3-9(12)7-17-13/h4,9-11H,1-3,5-8,14H2/t9?,10-,11-,13+/m0/s1. The molecule has 3 aliphatic rings. The first-order valence-corrected chi connectivity index (χ1v) is 6.94. The Balaban J connectivity index is 1.85. The molecule has 0 saturated carbocycles. The Morgan fingerprint density at radius 1 is 1.58 bits per heavy atom. The third-order valence-corrected chi connectivity index (χ3v) is 4.35. The lowest BCUT2D eigenvalue weighted by Crippen LogP contribution is -2.48. The molecule has 106 valence electrons. The molecule has 4 atom stereocenters. The molecule has 6 nitrogen and oxygen atoms in total. The number of hydrogen-bond acceptors (Lipinski definition) is 6. The fourth-order valence-corrected chi connectivity index (χ4v) is 3.53. The highest BCUT2D eigenvalue weighted by molar-refractivity contribution is 5.24. The zero-order valence-corrected chi connectivity index (χ0v) is 10.9. The Morgan fingerprint density at radius 2 is 2.47 bits per heavy atom. The molecule has 0 bridgehead atoms. The van der Waals surface area contributed by atoms with Crippen molar-refractivity contribution in [3.8, 4) is 0 Å². The van der Waals surface area contributed by atoms with E-state index in [0.29, 0.717) is 25.4 Å². The van der Waals surface area contributed by atoms with Crippen LogP contribution in [0.2, 0.25) is 0 Å². The van der Waals surface area contributed by atoms with Crippen molar-refractivity contribution in [1.82, 2.24) is 0 Å². The van der Waals surface area contributed by atoms with Crippen LogP contribution in [0.15, 0.2) is 16.8 Å². The highest BCUT2D eigenvalue weighted by Crippen LogP contribution is 2.48. The first kappa shape index (κ1) is 13.2. The molecular formula is C13H20N2O4. The van der Waals surface area contributed by atoms with E-state index in [0.717, 1.165) is 12.8 Å². The van der Waals surface area contributed by atoms with Crippen LogP contribution in [0.4, 0.5) is 0 Å². The fourth-order valence-electron chi connectivity index (χ4n) is 3.53. The van der Waals surface area contributed by atoms with Crippen molar-refractivity contribution >= 4 is 0 Å². The summed E-state index contributed by atoms with van der Waals surface area (Å²) in [4.78, 5) is 15.6. The number of nitrogens with zero attached hydrogens (tertiary/aromatic N) is 1. The molecule has 3 rings (SSSR count). The van der Waals surface area contributed by atoms with Gasteiger partial charge < -0.3 is 14.3 Å². The van der Waals surface area contributed by atoms with Gasteiger partial charge in [0.05, 0.1) is 25.4 Å². The van der Waals surface area contributed by atoms with Gasteiger partial charge in [0.1, 0.15) is 0 Å². The maximum atomic E-state index is 11.0. The monoisotopic (exact) mass is 268 g/mol. The number of nitroso groups, excluding NO2 is 1. The van der Waals surface area contributed by atoms with Crippen molar-refractivity contribution in [3.63, 3.8) is 0 Å². The van der Waals surface area contributed by atoms with E-state index < -0.39 is 5.79 Å². The molecular weight excluding hydrogens is 248 g/mol. The molecule has 0 aromatic carbocycles. The third-order valence-electron chi connectivity index (χ3n) is 4.35. The summed E-state index contributed by atoms with van der Waals surface area (Å²) < 4.78 is 12.0. The van der Waals surface area contributed by atoms with Crippen molar-refractivity contribution in [2.24, 2.45) is 17.0 Å². The molecule has 2 N–H and O–H groups in total. The number of rotatable bonds is 3. The van der Waals surface area contributed by atoms with Crippen LogP contribution in [0.1, 0.15) is 32.1 Å². The summed E-state index contributed by atoms with van der Waals surface area (Å²) in [5, 5.41) is 3.20. The van der Waals surface area contributed by atoms with E-state index in [-0.39, 0.29) is 18.8 Å². The molecule has 0 radical (unpaired) electrons. The maximum Gasteiger partial charge on any atom is 0.193 e. The summed E-state index contributed by atoms with van der Waals surface area (Å²) >= 11 is 0. The average Bonchev–Trinajstić information content (AvgIpc) is 2.78. The zero-order chi connectivity index (χ0) is 13.3. The van der Waals surface area contributed by atoms with Gasteiger partial charge in [0, 0.05) is 18.8 Å². The van der Waals surface area contributed by atoms with Crippen molar-refractivity contribution in [2.75, 3.05) is 13.2 Å². The molecule has 1 aliphatic carbocycles. The summed E-state index contributed by atoms with van der Waals surface area (Å²) in [6.45, 7) is 0.933. The summed E-state index contributed by atoms with van der Waals surface area (Å²) in [6.07, 6.45) is 6.42. The second kappa shape index (κ2) is 5.28. The van der Waals surface area contributed by atoms with Gasteiger partial charge in [0.15, 0.2) is 5.79 Å². The largest absolute Gasteiger partial charge is 0.345 e. The van der Waals surface area contributed by atoms with E-state index in [1.54, 1.807) is 0 Å². The van der Waals surface area contributed by atoms with Crippen molar-refractivity contribution in [2.45, 2.75) is 50.0 Å². The van der Waals surface area contributed by atoms with Gasteiger partial charge in [0.2, 0.25) is 0 Å². The lowest BCUT2D eigenvalue weighted by atomic mass is 9.82. The second-order valence-corrected chi connectivity index (χ2v) is 5.62. The number of nitrogens with two attached hydrogens (primary N) is 1. The normalized spacial score (nSPS) is 41.9. The first-order valence-electron chi connectivity index (χ1n) is 6.94. The molecule has 2 fully saturated rings. The topological polar surface area (TPSA) is 83.1 Å². The molecule has 0 aromatic rings. The van der Waals surface area contributed by atoms with E-state index in [2.05, 4.69) is 16.1 Å². The lowest BCUT2D eigenvalue weighted by Gasteiger charge is -2.41. The predicted molar refractivity (Wildman–Crippen MR) is 67.9 cm³/mol. The third kappa shape index (κ3) is 2.33. The van der Waals surface area contributed by atoms with Crippen LogP contribution in [-0.2, 0) is 14.3 Å². The summed E-state index contributed by atoms with van der Waals surface area (Å²) in [5.41, 5.74) is 1.20. The van der Waals surface area contributed by atoms with Gasteiger partial charge in [-0.1, -0.05) is 11.3 Å².